The number of benzene rings is 1. The van der Waals surface area contributed by atoms with E-state index in [9.17, 15) is 0 Å². The topological polar surface area (TPSA) is 54.9 Å². The van der Waals surface area contributed by atoms with E-state index in [-0.39, 0.29) is 0 Å². The Kier molecular flexibility index (Phi) is 10.7. The fraction of sp³-hybridized carbons (Fsp3) is 0.632. The number of rotatable bonds is 11. The van der Waals surface area contributed by atoms with E-state index in [1.807, 2.05) is 0 Å². The Labute approximate surface area is 146 Å². The lowest BCUT2D eigenvalue weighted by Gasteiger charge is -2.15. The van der Waals surface area contributed by atoms with Gasteiger partial charge in [-0.25, -0.2) is 0 Å². The van der Waals surface area contributed by atoms with Crippen LogP contribution in [-0.2, 0) is 11.3 Å². The first-order chi connectivity index (χ1) is 11.7. The van der Waals surface area contributed by atoms with Crippen molar-refractivity contribution in [3.05, 3.63) is 29.3 Å². The number of aliphatic imine (C=N–C) groups is 1. The number of hydrogen-bond acceptors (Lipinski definition) is 3. The molecule has 0 amide bonds. The van der Waals surface area contributed by atoms with Gasteiger partial charge in [0.15, 0.2) is 5.96 Å². The Bertz CT molecular complexity index is 490. The molecule has 0 aliphatic rings. The summed E-state index contributed by atoms with van der Waals surface area (Å²) in [5.41, 5.74) is 2.33. The predicted molar refractivity (Wildman–Crippen MR) is 101 cm³/mol. The Morgan fingerprint density at radius 3 is 2.67 bits per heavy atom. The van der Waals surface area contributed by atoms with E-state index in [0.29, 0.717) is 19.8 Å². The van der Waals surface area contributed by atoms with Crippen molar-refractivity contribution in [2.24, 2.45) is 4.99 Å². The lowest BCUT2D eigenvalue weighted by Crippen LogP contribution is -2.37. The summed E-state index contributed by atoms with van der Waals surface area (Å²) in [7, 11) is 3.51. The number of nitrogens with one attached hydrogen (secondary N) is 2. The van der Waals surface area contributed by atoms with Crippen LogP contribution in [0.25, 0.3) is 0 Å². The molecule has 0 aromatic heterocycles. The van der Waals surface area contributed by atoms with E-state index in [2.05, 4.69) is 47.7 Å². The SMILES string of the molecule is CCCCCNC(=NC)NCc1ccc(C)cc1OCCCOC. The van der Waals surface area contributed by atoms with E-state index in [4.69, 9.17) is 9.47 Å². The molecule has 0 atom stereocenters. The molecular formula is C19H33N3O2. The van der Waals surface area contributed by atoms with E-state index >= 15 is 0 Å². The second-order valence-electron chi connectivity index (χ2n) is 5.87. The average Bonchev–Trinajstić information content (AvgIpc) is 2.59. The van der Waals surface area contributed by atoms with Gasteiger partial charge in [-0.1, -0.05) is 31.9 Å². The number of methoxy groups -OCH3 is 1. The van der Waals surface area contributed by atoms with Crippen molar-refractivity contribution in [2.45, 2.75) is 46.1 Å². The maximum absolute atomic E-state index is 5.92. The highest BCUT2D eigenvalue weighted by molar-refractivity contribution is 5.79. The monoisotopic (exact) mass is 335 g/mol. The summed E-state index contributed by atoms with van der Waals surface area (Å²) in [6.07, 6.45) is 4.51. The lowest BCUT2D eigenvalue weighted by molar-refractivity contribution is 0.172. The number of aryl methyl sites for hydroxylation is 1. The zero-order valence-corrected chi connectivity index (χ0v) is 15.7. The summed E-state index contributed by atoms with van der Waals surface area (Å²) < 4.78 is 11.0. The first-order valence-electron chi connectivity index (χ1n) is 8.87. The second kappa shape index (κ2) is 12.6. The summed E-state index contributed by atoms with van der Waals surface area (Å²) in [5.74, 6) is 1.76. The quantitative estimate of drug-likeness (QED) is 0.370. The third-order valence-corrected chi connectivity index (χ3v) is 3.72. The summed E-state index contributed by atoms with van der Waals surface area (Å²) >= 11 is 0. The molecule has 1 rings (SSSR count). The van der Waals surface area contributed by atoms with Gasteiger partial charge in [-0.2, -0.15) is 0 Å². The van der Waals surface area contributed by atoms with E-state index < -0.39 is 0 Å². The molecule has 0 unspecified atom stereocenters. The van der Waals surface area contributed by atoms with Crippen molar-refractivity contribution in [2.75, 3.05) is 33.9 Å². The van der Waals surface area contributed by atoms with Crippen LogP contribution in [0.5, 0.6) is 5.75 Å². The maximum Gasteiger partial charge on any atom is 0.191 e. The highest BCUT2D eigenvalue weighted by Crippen LogP contribution is 2.20. The Balaban J connectivity index is 2.52. The Morgan fingerprint density at radius 1 is 1.12 bits per heavy atom. The molecule has 0 bridgehead atoms. The first kappa shape index (κ1) is 20.3. The minimum absolute atomic E-state index is 0.661. The highest BCUT2D eigenvalue weighted by Gasteiger charge is 2.06. The van der Waals surface area contributed by atoms with Gasteiger partial charge in [-0.15, -0.1) is 0 Å². The molecule has 0 fully saturated rings. The van der Waals surface area contributed by atoms with Crippen LogP contribution in [0.2, 0.25) is 0 Å². The van der Waals surface area contributed by atoms with Crippen LogP contribution < -0.4 is 15.4 Å². The molecule has 5 nitrogen and oxygen atoms in total. The largest absolute Gasteiger partial charge is 0.493 e. The fourth-order valence-corrected chi connectivity index (χ4v) is 2.31. The van der Waals surface area contributed by atoms with Crippen LogP contribution in [0.1, 0.15) is 43.7 Å². The second-order valence-corrected chi connectivity index (χ2v) is 5.87. The van der Waals surface area contributed by atoms with Crippen molar-refractivity contribution in [1.82, 2.24) is 10.6 Å². The van der Waals surface area contributed by atoms with Gasteiger partial charge in [0.05, 0.1) is 6.61 Å². The van der Waals surface area contributed by atoms with Crippen molar-refractivity contribution >= 4 is 5.96 Å². The number of ether oxygens (including phenoxy) is 2. The van der Waals surface area contributed by atoms with Gasteiger partial charge in [0.2, 0.25) is 0 Å². The van der Waals surface area contributed by atoms with Gasteiger partial charge < -0.3 is 20.1 Å². The fourth-order valence-electron chi connectivity index (χ4n) is 2.31. The molecule has 0 aliphatic heterocycles. The molecule has 24 heavy (non-hydrogen) atoms. The summed E-state index contributed by atoms with van der Waals surface area (Å²) in [5, 5.41) is 6.71. The standard InChI is InChI=1S/C19H33N3O2/c1-5-6-7-11-21-19(20-3)22-15-17-10-9-16(2)14-18(17)24-13-8-12-23-4/h9-10,14H,5-8,11-13,15H2,1-4H3,(H2,20,21,22). The van der Waals surface area contributed by atoms with Gasteiger partial charge in [0, 0.05) is 45.8 Å². The average molecular weight is 335 g/mol. The van der Waals surface area contributed by atoms with Gasteiger partial charge in [0.1, 0.15) is 5.75 Å². The number of hydrogen-bond donors (Lipinski definition) is 2. The molecule has 0 aliphatic carbocycles. The molecule has 0 radical (unpaired) electrons. The van der Waals surface area contributed by atoms with Crippen LogP contribution in [0.15, 0.2) is 23.2 Å². The minimum atomic E-state index is 0.661. The van der Waals surface area contributed by atoms with E-state index in [1.165, 1.54) is 18.4 Å². The third kappa shape index (κ3) is 8.20. The van der Waals surface area contributed by atoms with Crippen LogP contribution in [0, 0.1) is 6.92 Å². The van der Waals surface area contributed by atoms with Gasteiger partial charge in [-0.3, -0.25) is 4.99 Å². The molecule has 0 spiro atoms. The van der Waals surface area contributed by atoms with Gasteiger partial charge >= 0.3 is 0 Å². The summed E-state index contributed by atoms with van der Waals surface area (Å²) in [6, 6.07) is 6.30. The van der Waals surface area contributed by atoms with Crippen LogP contribution in [0.3, 0.4) is 0 Å². The maximum atomic E-state index is 5.92. The molecule has 1 aromatic rings. The molecule has 2 N–H and O–H groups in total. The molecule has 1 aromatic carbocycles. The third-order valence-electron chi connectivity index (χ3n) is 3.72. The molecular weight excluding hydrogens is 302 g/mol. The Hall–Kier alpha value is -1.75. The van der Waals surface area contributed by atoms with Crippen LogP contribution >= 0.6 is 0 Å². The van der Waals surface area contributed by atoms with E-state index in [1.54, 1.807) is 14.2 Å². The lowest BCUT2D eigenvalue weighted by atomic mass is 10.1. The van der Waals surface area contributed by atoms with Gasteiger partial charge in [0.25, 0.3) is 0 Å². The van der Waals surface area contributed by atoms with Crippen LogP contribution in [-0.4, -0.2) is 39.9 Å². The molecule has 0 saturated carbocycles. The molecule has 5 heteroatoms. The smallest absolute Gasteiger partial charge is 0.191 e. The molecule has 0 heterocycles. The minimum Gasteiger partial charge on any atom is -0.493 e. The first-order valence-corrected chi connectivity index (χ1v) is 8.87. The van der Waals surface area contributed by atoms with Crippen LogP contribution in [0.4, 0.5) is 0 Å². The number of unbranched alkanes of at least 4 members (excludes halogenated alkanes) is 2. The summed E-state index contributed by atoms with van der Waals surface area (Å²) in [6.45, 7) is 7.29. The van der Waals surface area contributed by atoms with E-state index in [0.717, 1.165) is 36.7 Å². The van der Waals surface area contributed by atoms with Crippen molar-refractivity contribution in [3.63, 3.8) is 0 Å². The highest BCUT2D eigenvalue weighted by atomic mass is 16.5. The zero-order valence-electron chi connectivity index (χ0n) is 15.7. The number of nitrogens with zero attached hydrogens (tertiary/aromatic N) is 1. The Morgan fingerprint density at radius 2 is 1.96 bits per heavy atom. The molecule has 0 saturated heterocycles. The predicted octanol–water partition coefficient (Wildman–Crippen LogP) is 3.27. The van der Waals surface area contributed by atoms with Gasteiger partial charge in [-0.05, 0) is 25.0 Å². The van der Waals surface area contributed by atoms with Crippen molar-refractivity contribution in [3.8, 4) is 5.75 Å². The number of guanidine groups is 1. The van der Waals surface area contributed by atoms with Crippen molar-refractivity contribution in [1.29, 1.82) is 0 Å². The summed E-state index contributed by atoms with van der Waals surface area (Å²) in [4.78, 5) is 4.27. The zero-order chi connectivity index (χ0) is 17.6. The van der Waals surface area contributed by atoms with Crippen molar-refractivity contribution < 1.29 is 9.47 Å². The molecule has 136 valence electrons. The normalized spacial score (nSPS) is 11.4.